The molecule has 1 atom stereocenters. The van der Waals surface area contributed by atoms with Crippen molar-refractivity contribution >= 4 is 11.6 Å². The van der Waals surface area contributed by atoms with E-state index in [9.17, 15) is 0 Å². The van der Waals surface area contributed by atoms with Crippen molar-refractivity contribution in [3.8, 4) is 5.75 Å². The van der Waals surface area contributed by atoms with Crippen LogP contribution in [0.2, 0.25) is 5.02 Å². The van der Waals surface area contributed by atoms with Crippen LogP contribution in [-0.2, 0) is 0 Å². The summed E-state index contributed by atoms with van der Waals surface area (Å²) in [5.41, 5.74) is 0. The second kappa shape index (κ2) is 8.41. The average Bonchev–Trinajstić information content (AvgIpc) is 2.29. The zero-order valence-electron chi connectivity index (χ0n) is 10.9. The number of hydrogen-bond acceptors (Lipinski definition) is 1. The number of halogens is 1. The third-order valence-electron chi connectivity index (χ3n) is 2.85. The molecule has 0 radical (unpaired) electrons. The molecule has 1 rings (SSSR count). The van der Waals surface area contributed by atoms with Gasteiger partial charge in [0.1, 0.15) is 5.75 Å². The predicted molar refractivity (Wildman–Crippen MR) is 74.9 cm³/mol. The molecule has 0 saturated heterocycles. The maximum atomic E-state index is 5.91. The summed E-state index contributed by atoms with van der Waals surface area (Å²) in [6, 6.07) is 7.62. The van der Waals surface area contributed by atoms with Crippen LogP contribution in [0.3, 0.4) is 0 Å². The van der Waals surface area contributed by atoms with Crippen molar-refractivity contribution in [2.45, 2.75) is 58.5 Å². The van der Waals surface area contributed by atoms with Gasteiger partial charge in [0, 0.05) is 5.02 Å². The Balaban J connectivity index is 2.18. The van der Waals surface area contributed by atoms with E-state index in [-0.39, 0.29) is 6.10 Å². The molecule has 96 valence electrons. The maximum absolute atomic E-state index is 5.91. The summed E-state index contributed by atoms with van der Waals surface area (Å²) in [6.45, 7) is 4.37. The minimum absolute atomic E-state index is 0.273. The molecule has 1 aromatic carbocycles. The Labute approximate surface area is 110 Å². The molecule has 0 N–H and O–H groups in total. The van der Waals surface area contributed by atoms with Crippen LogP contribution in [0, 0.1) is 0 Å². The van der Waals surface area contributed by atoms with Crippen molar-refractivity contribution in [1.82, 2.24) is 0 Å². The molecule has 0 aromatic heterocycles. The van der Waals surface area contributed by atoms with E-state index in [1.165, 1.54) is 32.1 Å². The number of unbranched alkanes of at least 4 members (excludes halogenated alkanes) is 4. The van der Waals surface area contributed by atoms with Gasteiger partial charge < -0.3 is 4.74 Å². The predicted octanol–water partition coefficient (Wildman–Crippen LogP) is 5.47. The Morgan fingerprint density at radius 3 is 2.65 bits per heavy atom. The Morgan fingerprint density at radius 1 is 1.18 bits per heavy atom. The van der Waals surface area contributed by atoms with Crippen molar-refractivity contribution in [3.63, 3.8) is 0 Å². The molecule has 17 heavy (non-hydrogen) atoms. The van der Waals surface area contributed by atoms with Crippen LogP contribution in [0.25, 0.3) is 0 Å². The summed E-state index contributed by atoms with van der Waals surface area (Å²) in [4.78, 5) is 0. The summed E-state index contributed by atoms with van der Waals surface area (Å²) in [6.07, 6.45) is 7.96. The molecule has 0 spiro atoms. The van der Waals surface area contributed by atoms with E-state index in [4.69, 9.17) is 16.3 Å². The fourth-order valence-electron chi connectivity index (χ4n) is 1.87. The molecule has 2 heteroatoms. The highest BCUT2D eigenvalue weighted by atomic mass is 35.5. The first kappa shape index (κ1) is 14.4. The summed E-state index contributed by atoms with van der Waals surface area (Å²) in [5.74, 6) is 0.874. The largest absolute Gasteiger partial charge is 0.491 e. The zero-order chi connectivity index (χ0) is 12.5. The van der Waals surface area contributed by atoms with Gasteiger partial charge in [-0.15, -0.1) is 0 Å². The van der Waals surface area contributed by atoms with Crippen molar-refractivity contribution in [3.05, 3.63) is 29.3 Å². The standard InChI is InChI=1S/C15H23ClO/c1-3-4-5-6-7-9-13(2)17-15-11-8-10-14(16)12-15/h8,10-13H,3-7,9H2,1-2H3. The fourth-order valence-corrected chi connectivity index (χ4v) is 2.05. The second-order valence-electron chi connectivity index (χ2n) is 4.59. The van der Waals surface area contributed by atoms with Gasteiger partial charge in [-0.3, -0.25) is 0 Å². The highest BCUT2D eigenvalue weighted by Crippen LogP contribution is 2.19. The first-order valence-electron chi connectivity index (χ1n) is 6.64. The zero-order valence-corrected chi connectivity index (χ0v) is 11.7. The van der Waals surface area contributed by atoms with E-state index in [0.29, 0.717) is 0 Å². The summed E-state index contributed by atoms with van der Waals surface area (Å²) in [7, 11) is 0. The third-order valence-corrected chi connectivity index (χ3v) is 3.08. The van der Waals surface area contributed by atoms with E-state index in [1.54, 1.807) is 0 Å². The first-order chi connectivity index (χ1) is 8.22. The van der Waals surface area contributed by atoms with E-state index in [2.05, 4.69) is 13.8 Å². The number of hydrogen-bond donors (Lipinski definition) is 0. The molecule has 1 aromatic rings. The van der Waals surface area contributed by atoms with Gasteiger partial charge in [-0.05, 0) is 38.0 Å². The van der Waals surface area contributed by atoms with Crippen LogP contribution >= 0.6 is 11.6 Å². The molecule has 0 aliphatic carbocycles. The summed E-state index contributed by atoms with van der Waals surface area (Å²) >= 11 is 5.91. The molecule has 1 nitrogen and oxygen atoms in total. The van der Waals surface area contributed by atoms with Gasteiger partial charge >= 0.3 is 0 Å². The molecule has 1 unspecified atom stereocenters. The Morgan fingerprint density at radius 2 is 1.94 bits per heavy atom. The molecule has 0 saturated carbocycles. The number of ether oxygens (including phenoxy) is 1. The van der Waals surface area contributed by atoms with Crippen molar-refractivity contribution in [1.29, 1.82) is 0 Å². The van der Waals surface area contributed by atoms with Crippen molar-refractivity contribution in [2.75, 3.05) is 0 Å². The second-order valence-corrected chi connectivity index (χ2v) is 5.03. The van der Waals surface area contributed by atoms with Crippen LogP contribution in [0.5, 0.6) is 5.75 Å². The molecule has 0 fully saturated rings. The van der Waals surface area contributed by atoms with Gasteiger partial charge in [0.25, 0.3) is 0 Å². The highest BCUT2D eigenvalue weighted by molar-refractivity contribution is 6.30. The Hall–Kier alpha value is -0.690. The lowest BCUT2D eigenvalue weighted by Crippen LogP contribution is -2.11. The lowest BCUT2D eigenvalue weighted by Gasteiger charge is -2.14. The van der Waals surface area contributed by atoms with Crippen LogP contribution in [0.1, 0.15) is 52.4 Å². The maximum Gasteiger partial charge on any atom is 0.121 e. The smallest absolute Gasteiger partial charge is 0.121 e. The number of benzene rings is 1. The van der Waals surface area contributed by atoms with Gasteiger partial charge in [-0.2, -0.15) is 0 Å². The molecular weight excluding hydrogens is 232 g/mol. The minimum Gasteiger partial charge on any atom is -0.491 e. The van der Waals surface area contributed by atoms with Gasteiger partial charge in [0.05, 0.1) is 6.10 Å². The monoisotopic (exact) mass is 254 g/mol. The fraction of sp³-hybridized carbons (Fsp3) is 0.600. The van der Waals surface area contributed by atoms with Gasteiger partial charge in [0.2, 0.25) is 0 Å². The third kappa shape index (κ3) is 6.58. The van der Waals surface area contributed by atoms with Crippen molar-refractivity contribution < 1.29 is 4.74 Å². The molecule has 0 bridgehead atoms. The van der Waals surface area contributed by atoms with E-state index in [0.717, 1.165) is 17.2 Å². The lowest BCUT2D eigenvalue weighted by atomic mass is 10.1. The van der Waals surface area contributed by atoms with Gasteiger partial charge in [-0.1, -0.05) is 50.3 Å². The molecule has 0 aliphatic heterocycles. The first-order valence-corrected chi connectivity index (χ1v) is 7.02. The topological polar surface area (TPSA) is 9.23 Å². The lowest BCUT2D eigenvalue weighted by molar-refractivity contribution is 0.206. The highest BCUT2D eigenvalue weighted by Gasteiger charge is 2.04. The van der Waals surface area contributed by atoms with Gasteiger partial charge in [-0.25, -0.2) is 0 Å². The SMILES string of the molecule is CCCCCCCC(C)Oc1cccc(Cl)c1. The van der Waals surface area contributed by atoms with Crippen LogP contribution in [0.15, 0.2) is 24.3 Å². The Bertz CT molecular complexity index is 312. The average molecular weight is 255 g/mol. The molecular formula is C15H23ClO. The molecule has 0 heterocycles. The van der Waals surface area contributed by atoms with Crippen LogP contribution in [-0.4, -0.2) is 6.10 Å². The number of rotatable bonds is 8. The van der Waals surface area contributed by atoms with Crippen LogP contribution < -0.4 is 4.74 Å². The molecule has 0 amide bonds. The Kier molecular flexibility index (Phi) is 7.11. The summed E-state index contributed by atoms with van der Waals surface area (Å²) < 4.78 is 5.82. The summed E-state index contributed by atoms with van der Waals surface area (Å²) in [5, 5.41) is 0.734. The van der Waals surface area contributed by atoms with E-state index in [1.807, 2.05) is 24.3 Å². The minimum atomic E-state index is 0.273. The van der Waals surface area contributed by atoms with Crippen LogP contribution in [0.4, 0.5) is 0 Å². The van der Waals surface area contributed by atoms with E-state index < -0.39 is 0 Å². The normalized spacial score (nSPS) is 12.4. The van der Waals surface area contributed by atoms with Gasteiger partial charge in [0.15, 0.2) is 0 Å². The van der Waals surface area contributed by atoms with Crippen molar-refractivity contribution in [2.24, 2.45) is 0 Å². The van der Waals surface area contributed by atoms with E-state index >= 15 is 0 Å². The quantitative estimate of drug-likeness (QED) is 0.559. The molecule has 0 aliphatic rings.